The summed E-state index contributed by atoms with van der Waals surface area (Å²) in [7, 11) is 0. The van der Waals surface area contributed by atoms with E-state index in [0.29, 0.717) is 5.69 Å². The number of aryl methyl sites for hydroxylation is 2. The molecular weight excluding hydrogens is 294 g/mol. The summed E-state index contributed by atoms with van der Waals surface area (Å²) in [5.74, 6) is -0.203. The molecule has 4 nitrogen and oxygen atoms in total. The number of pyridine rings is 1. The molecule has 0 fully saturated rings. The molecule has 22 heavy (non-hydrogen) atoms. The Bertz CT molecular complexity index is 812. The lowest BCUT2D eigenvalue weighted by molar-refractivity contribution is 0.102. The van der Waals surface area contributed by atoms with E-state index >= 15 is 0 Å². The van der Waals surface area contributed by atoms with E-state index in [1.807, 2.05) is 50.2 Å². The number of anilines is 1. The molecule has 0 radical (unpaired) electrons. The van der Waals surface area contributed by atoms with Crippen molar-refractivity contribution in [2.45, 2.75) is 13.8 Å². The number of aromatic nitrogens is 2. The van der Waals surface area contributed by atoms with Gasteiger partial charge in [-0.2, -0.15) is 0 Å². The summed E-state index contributed by atoms with van der Waals surface area (Å²) in [6.07, 6.45) is 1.71. The van der Waals surface area contributed by atoms with E-state index in [1.54, 1.807) is 11.6 Å². The highest BCUT2D eigenvalue weighted by molar-refractivity contribution is 7.13. The number of benzene rings is 1. The number of hydrogen-bond acceptors (Lipinski definition) is 4. The van der Waals surface area contributed by atoms with Gasteiger partial charge >= 0.3 is 0 Å². The molecular formula is C17H15N3OS. The van der Waals surface area contributed by atoms with Crippen molar-refractivity contribution >= 4 is 22.9 Å². The van der Waals surface area contributed by atoms with Gasteiger partial charge < -0.3 is 5.32 Å². The van der Waals surface area contributed by atoms with Gasteiger partial charge in [-0.05, 0) is 37.6 Å². The molecule has 2 aromatic heterocycles. The van der Waals surface area contributed by atoms with Gasteiger partial charge in [-0.25, -0.2) is 4.98 Å². The van der Waals surface area contributed by atoms with Crippen molar-refractivity contribution in [3.05, 3.63) is 64.8 Å². The van der Waals surface area contributed by atoms with Crippen LogP contribution in [0.3, 0.4) is 0 Å². The van der Waals surface area contributed by atoms with E-state index in [4.69, 9.17) is 0 Å². The number of nitrogens with zero attached hydrogens (tertiary/aromatic N) is 2. The van der Waals surface area contributed by atoms with E-state index in [1.165, 1.54) is 16.9 Å². The van der Waals surface area contributed by atoms with Crippen molar-refractivity contribution in [1.82, 2.24) is 9.97 Å². The van der Waals surface area contributed by atoms with Crippen LogP contribution in [0.2, 0.25) is 0 Å². The highest BCUT2D eigenvalue weighted by atomic mass is 32.1. The lowest BCUT2D eigenvalue weighted by atomic mass is 10.1. The first-order chi connectivity index (χ1) is 10.6. The molecule has 0 saturated carbocycles. The van der Waals surface area contributed by atoms with Gasteiger partial charge in [0, 0.05) is 17.3 Å². The highest BCUT2D eigenvalue weighted by Gasteiger charge is 2.13. The minimum Gasteiger partial charge on any atom is -0.320 e. The van der Waals surface area contributed by atoms with Crippen LogP contribution in [-0.4, -0.2) is 15.9 Å². The van der Waals surface area contributed by atoms with Gasteiger partial charge in [0.15, 0.2) is 0 Å². The zero-order chi connectivity index (χ0) is 15.5. The Labute approximate surface area is 132 Å². The summed E-state index contributed by atoms with van der Waals surface area (Å²) < 4.78 is 0. The fourth-order valence-electron chi connectivity index (χ4n) is 2.13. The summed E-state index contributed by atoms with van der Waals surface area (Å²) in [6, 6.07) is 11.6. The summed E-state index contributed by atoms with van der Waals surface area (Å²) in [5.41, 5.74) is 4.20. The molecule has 1 amide bonds. The standard InChI is InChI=1S/C17H15N3OS/c1-11-6-7-13(12(2)9-11)19-16(21)15-10-22-17(20-15)14-5-3-4-8-18-14/h3-10H,1-2H3,(H,19,21). The largest absolute Gasteiger partial charge is 0.320 e. The lowest BCUT2D eigenvalue weighted by Crippen LogP contribution is -2.13. The van der Waals surface area contributed by atoms with Crippen LogP contribution in [0.1, 0.15) is 21.6 Å². The van der Waals surface area contributed by atoms with Crippen LogP contribution in [0.25, 0.3) is 10.7 Å². The normalized spacial score (nSPS) is 10.5. The molecule has 1 aromatic carbocycles. The monoisotopic (exact) mass is 309 g/mol. The summed E-state index contributed by atoms with van der Waals surface area (Å²) in [4.78, 5) is 20.9. The van der Waals surface area contributed by atoms with E-state index in [9.17, 15) is 4.79 Å². The Kier molecular flexibility index (Phi) is 3.98. The van der Waals surface area contributed by atoms with Crippen LogP contribution in [0.4, 0.5) is 5.69 Å². The zero-order valence-electron chi connectivity index (χ0n) is 12.3. The fourth-order valence-corrected chi connectivity index (χ4v) is 2.90. The van der Waals surface area contributed by atoms with E-state index < -0.39 is 0 Å². The van der Waals surface area contributed by atoms with Crippen LogP contribution in [0.5, 0.6) is 0 Å². The van der Waals surface area contributed by atoms with Crippen LogP contribution in [0.15, 0.2) is 48.0 Å². The Morgan fingerprint density at radius 3 is 2.77 bits per heavy atom. The topological polar surface area (TPSA) is 54.9 Å². The van der Waals surface area contributed by atoms with Gasteiger partial charge in [0.1, 0.15) is 10.7 Å². The lowest BCUT2D eigenvalue weighted by Gasteiger charge is -2.07. The zero-order valence-corrected chi connectivity index (χ0v) is 13.1. The average Bonchev–Trinajstić information content (AvgIpc) is 3.01. The van der Waals surface area contributed by atoms with Crippen molar-refractivity contribution < 1.29 is 4.79 Å². The molecule has 0 atom stereocenters. The summed E-state index contributed by atoms with van der Waals surface area (Å²) >= 11 is 1.41. The van der Waals surface area contributed by atoms with Gasteiger partial charge in [0.25, 0.3) is 5.91 Å². The number of carbonyl (C=O) groups is 1. The predicted octanol–water partition coefficient (Wildman–Crippen LogP) is 4.07. The Balaban J connectivity index is 1.80. The van der Waals surface area contributed by atoms with E-state index in [0.717, 1.165) is 22.0 Å². The maximum absolute atomic E-state index is 12.3. The Morgan fingerprint density at radius 1 is 1.18 bits per heavy atom. The third-order valence-corrected chi connectivity index (χ3v) is 4.12. The summed E-state index contributed by atoms with van der Waals surface area (Å²) in [5, 5.41) is 5.40. The fraction of sp³-hybridized carbons (Fsp3) is 0.118. The van der Waals surface area contributed by atoms with Crippen LogP contribution < -0.4 is 5.32 Å². The quantitative estimate of drug-likeness (QED) is 0.793. The van der Waals surface area contributed by atoms with Gasteiger partial charge in [0.05, 0.1) is 5.69 Å². The molecule has 2 heterocycles. The predicted molar refractivity (Wildman–Crippen MR) is 89.2 cm³/mol. The Hall–Kier alpha value is -2.53. The van der Waals surface area contributed by atoms with E-state index in [2.05, 4.69) is 15.3 Å². The molecule has 0 aliphatic heterocycles. The first-order valence-electron chi connectivity index (χ1n) is 6.89. The number of thiazole rings is 1. The van der Waals surface area contributed by atoms with Crippen LogP contribution >= 0.6 is 11.3 Å². The maximum Gasteiger partial charge on any atom is 0.275 e. The molecule has 1 N–H and O–H groups in total. The number of hydrogen-bond donors (Lipinski definition) is 1. The number of nitrogens with one attached hydrogen (secondary N) is 1. The molecule has 0 unspecified atom stereocenters. The second kappa shape index (κ2) is 6.07. The molecule has 3 rings (SSSR count). The highest BCUT2D eigenvalue weighted by Crippen LogP contribution is 2.22. The Morgan fingerprint density at radius 2 is 2.05 bits per heavy atom. The third-order valence-electron chi connectivity index (χ3n) is 3.25. The molecule has 110 valence electrons. The van der Waals surface area contributed by atoms with Gasteiger partial charge in [-0.3, -0.25) is 9.78 Å². The second-order valence-corrected chi connectivity index (χ2v) is 5.88. The number of amides is 1. The smallest absolute Gasteiger partial charge is 0.275 e. The van der Waals surface area contributed by atoms with Crippen LogP contribution in [0, 0.1) is 13.8 Å². The van der Waals surface area contributed by atoms with Crippen molar-refractivity contribution in [3.8, 4) is 10.7 Å². The van der Waals surface area contributed by atoms with Gasteiger partial charge in [0.2, 0.25) is 0 Å². The molecule has 3 aromatic rings. The van der Waals surface area contributed by atoms with Crippen molar-refractivity contribution in [2.24, 2.45) is 0 Å². The average molecular weight is 309 g/mol. The molecule has 0 spiro atoms. The maximum atomic E-state index is 12.3. The molecule has 0 saturated heterocycles. The van der Waals surface area contributed by atoms with Gasteiger partial charge in [-0.1, -0.05) is 23.8 Å². The molecule has 0 bridgehead atoms. The molecule has 0 aliphatic carbocycles. The number of carbonyl (C=O) groups excluding carboxylic acids is 1. The first-order valence-corrected chi connectivity index (χ1v) is 7.77. The van der Waals surface area contributed by atoms with Crippen LogP contribution in [-0.2, 0) is 0 Å². The summed E-state index contributed by atoms with van der Waals surface area (Å²) in [6.45, 7) is 4.00. The molecule has 0 aliphatic rings. The van der Waals surface area contributed by atoms with Crippen molar-refractivity contribution in [3.63, 3.8) is 0 Å². The van der Waals surface area contributed by atoms with Crippen molar-refractivity contribution in [1.29, 1.82) is 0 Å². The third kappa shape index (κ3) is 3.04. The number of rotatable bonds is 3. The first kappa shape index (κ1) is 14.4. The van der Waals surface area contributed by atoms with Gasteiger partial charge in [-0.15, -0.1) is 11.3 Å². The second-order valence-electron chi connectivity index (χ2n) is 5.03. The minimum atomic E-state index is -0.203. The van der Waals surface area contributed by atoms with E-state index in [-0.39, 0.29) is 5.91 Å². The molecule has 5 heteroatoms. The minimum absolute atomic E-state index is 0.203. The SMILES string of the molecule is Cc1ccc(NC(=O)c2csc(-c3ccccn3)n2)c(C)c1. The van der Waals surface area contributed by atoms with Crippen molar-refractivity contribution in [2.75, 3.05) is 5.32 Å².